The second kappa shape index (κ2) is 3.33. The Morgan fingerprint density at radius 2 is 2.36 bits per heavy atom. The highest BCUT2D eigenvalue weighted by molar-refractivity contribution is 9.11. The summed E-state index contributed by atoms with van der Waals surface area (Å²) in [6.45, 7) is 0. The molecule has 1 aromatic heterocycles. The van der Waals surface area contributed by atoms with Crippen LogP contribution in [0.1, 0.15) is 5.01 Å². The van der Waals surface area contributed by atoms with Crippen LogP contribution in [0.5, 0.6) is 0 Å². The van der Waals surface area contributed by atoms with E-state index < -0.39 is 7.60 Å². The van der Waals surface area contributed by atoms with Crippen LogP contribution in [-0.4, -0.2) is 14.8 Å². The van der Waals surface area contributed by atoms with Gasteiger partial charge in [-0.2, -0.15) is 0 Å². The van der Waals surface area contributed by atoms with E-state index in [0.29, 0.717) is 5.01 Å². The molecule has 0 aromatic carbocycles. The number of nitrogens with zero attached hydrogens (tertiary/aromatic N) is 1. The normalized spacial score (nSPS) is 11.9. The molecule has 0 aliphatic heterocycles. The lowest BCUT2D eigenvalue weighted by atomic mass is 10.8. The summed E-state index contributed by atoms with van der Waals surface area (Å²) in [7, 11) is -3.95. The molecule has 1 heterocycles. The molecule has 0 saturated heterocycles. The van der Waals surface area contributed by atoms with Gasteiger partial charge < -0.3 is 9.79 Å². The van der Waals surface area contributed by atoms with Crippen molar-refractivity contribution in [3.63, 3.8) is 0 Å². The van der Waals surface area contributed by atoms with Crippen LogP contribution in [0.25, 0.3) is 0 Å². The van der Waals surface area contributed by atoms with Crippen LogP contribution in [0.2, 0.25) is 0 Å². The maximum atomic E-state index is 10.5. The van der Waals surface area contributed by atoms with Gasteiger partial charge in [-0.05, 0) is 15.9 Å². The van der Waals surface area contributed by atoms with Gasteiger partial charge in [0.2, 0.25) is 0 Å². The van der Waals surface area contributed by atoms with E-state index in [1.807, 2.05) is 0 Å². The number of hydrogen-bond acceptors (Lipinski definition) is 3. The zero-order valence-corrected chi connectivity index (χ0v) is 8.56. The third kappa shape index (κ3) is 3.44. The Morgan fingerprint density at radius 3 is 2.73 bits per heavy atom. The summed E-state index contributed by atoms with van der Waals surface area (Å²) in [5.74, 6) is 0. The molecule has 1 aromatic rings. The maximum Gasteiger partial charge on any atom is 0.332 e. The molecular weight excluding hydrogens is 253 g/mol. The highest BCUT2D eigenvalue weighted by atomic mass is 79.9. The van der Waals surface area contributed by atoms with E-state index in [0.717, 1.165) is 3.79 Å². The molecule has 7 heteroatoms. The molecule has 0 fully saturated rings. The summed E-state index contributed by atoms with van der Waals surface area (Å²) in [5.41, 5.74) is 0. The Bertz CT molecular complexity index is 295. The van der Waals surface area contributed by atoms with Gasteiger partial charge in [-0.15, -0.1) is 11.3 Å². The van der Waals surface area contributed by atoms with Crippen LogP contribution in [-0.2, 0) is 10.7 Å². The Kier molecular flexibility index (Phi) is 2.83. The van der Waals surface area contributed by atoms with Crippen molar-refractivity contribution in [3.05, 3.63) is 15.0 Å². The van der Waals surface area contributed by atoms with Crippen LogP contribution in [0.3, 0.4) is 0 Å². The van der Waals surface area contributed by atoms with Crippen molar-refractivity contribution in [1.82, 2.24) is 4.98 Å². The Labute approximate surface area is 75.6 Å². The summed E-state index contributed by atoms with van der Waals surface area (Å²) in [6.07, 6.45) is 1.25. The van der Waals surface area contributed by atoms with Crippen molar-refractivity contribution in [2.45, 2.75) is 6.16 Å². The zero-order valence-electron chi connectivity index (χ0n) is 5.27. The van der Waals surface area contributed by atoms with E-state index in [1.165, 1.54) is 17.5 Å². The minimum atomic E-state index is -3.95. The second-order valence-corrected chi connectivity index (χ2v) is 6.02. The van der Waals surface area contributed by atoms with Gasteiger partial charge in [0.15, 0.2) is 0 Å². The Balaban J connectivity index is 2.73. The SMILES string of the molecule is O=P(O)(O)Cc1ncc(Br)s1. The molecule has 4 nitrogen and oxygen atoms in total. The van der Waals surface area contributed by atoms with Crippen molar-refractivity contribution in [1.29, 1.82) is 0 Å². The van der Waals surface area contributed by atoms with Gasteiger partial charge in [-0.25, -0.2) is 4.98 Å². The lowest BCUT2D eigenvalue weighted by molar-refractivity contribution is 0.371. The van der Waals surface area contributed by atoms with Gasteiger partial charge in [0.1, 0.15) is 11.2 Å². The van der Waals surface area contributed by atoms with Gasteiger partial charge in [0.25, 0.3) is 0 Å². The first-order valence-corrected chi connectivity index (χ1v) is 6.03. The second-order valence-electron chi connectivity index (χ2n) is 1.88. The summed E-state index contributed by atoms with van der Waals surface area (Å²) < 4.78 is 11.2. The maximum absolute atomic E-state index is 10.5. The van der Waals surface area contributed by atoms with Crippen molar-refractivity contribution < 1.29 is 14.4 Å². The molecule has 0 aliphatic rings. The average molecular weight is 258 g/mol. The Morgan fingerprint density at radius 1 is 1.73 bits per heavy atom. The summed E-state index contributed by atoms with van der Waals surface area (Å²) in [6, 6.07) is 0. The third-order valence-electron chi connectivity index (χ3n) is 0.867. The van der Waals surface area contributed by atoms with Crippen LogP contribution >= 0.6 is 34.9 Å². The third-order valence-corrected chi connectivity index (χ3v) is 3.27. The smallest absolute Gasteiger partial charge is 0.324 e. The molecule has 1 rings (SSSR count). The predicted octanol–water partition coefficient (Wildman–Crippen LogP) is 1.58. The molecule has 0 radical (unpaired) electrons. The van der Waals surface area contributed by atoms with Crippen molar-refractivity contribution in [2.75, 3.05) is 0 Å². The van der Waals surface area contributed by atoms with E-state index in [1.54, 1.807) is 0 Å². The van der Waals surface area contributed by atoms with Crippen molar-refractivity contribution in [3.8, 4) is 0 Å². The molecule has 2 N–H and O–H groups in total. The average Bonchev–Trinajstić information content (AvgIpc) is 2.10. The number of halogens is 1. The van der Waals surface area contributed by atoms with Gasteiger partial charge in [-0.1, -0.05) is 0 Å². The topological polar surface area (TPSA) is 70.4 Å². The van der Waals surface area contributed by atoms with Crippen molar-refractivity contribution >= 4 is 34.9 Å². The monoisotopic (exact) mass is 257 g/mol. The van der Waals surface area contributed by atoms with Crippen LogP contribution in [0, 0.1) is 0 Å². The van der Waals surface area contributed by atoms with E-state index in [4.69, 9.17) is 9.79 Å². The van der Waals surface area contributed by atoms with Crippen LogP contribution < -0.4 is 0 Å². The standard InChI is InChI=1S/C4H5BrNO3PS/c5-3-1-6-4(11-3)2-10(7,8)9/h1H,2H2,(H2,7,8,9). The van der Waals surface area contributed by atoms with E-state index >= 15 is 0 Å². The first-order valence-electron chi connectivity index (χ1n) is 2.62. The quantitative estimate of drug-likeness (QED) is 0.790. The fraction of sp³-hybridized carbons (Fsp3) is 0.250. The minimum absolute atomic E-state index is 0.275. The van der Waals surface area contributed by atoms with Crippen LogP contribution in [0.15, 0.2) is 9.98 Å². The number of aromatic nitrogens is 1. The fourth-order valence-electron chi connectivity index (χ4n) is 0.537. The fourth-order valence-corrected chi connectivity index (χ4v) is 2.83. The van der Waals surface area contributed by atoms with Gasteiger partial charge in [-0.3, -0.25) is 4.57 Å². The number of rotatable bonds is 2. The first kappa shape index (κ1) is 9.35. The molecule has 62 valence electrons. The summed E-state index contributed by atoms with van der Waals surface area (Å²) >= 11 is 4.37. The molecule has 0 spiro atoms. The molecule has 0 saturated carbocycles. The lowest BCUT2D eigenvalue weighted by Crippen LogP contribution is -1.83. The van der Waals surface area contributed by atoms with Gasteiger partial charge in [0, 0.05) is 0 Å². The largest absolute Gasteiger partial charge is 0.332 e. The minimum Gasteiger partial charge on any atom is -0.324 e. The Hall–Kier alpha value is 0.260. The molecular formula is C4H5BrNO3PS. The van der Waals surface area contributed by atoms with E-state index in [9.17, 15) is 4.57 Å². The molecule has 0 bridgehead atoms. The zero-order chi connectivity index (χ0) is 8.48. The van der Waals surface area contributed by atoms with E-state index in [-0.39, 0.29) is 6.16 Å². The number of thiazole rings is 1. The van der Waals surface area contributed by atoms with Crippen molar-refractivity contribution in [2.24, 2.45) is 0 Å². The molecule has 11 heavy (non-hydrogen) atoms. The molecule has 0 atom stereocenters. The molecule has 0 unspecified atom stereocenters. The highest BCUT2D eigenvalue weighted by Crippen LogP contribution is 2.40. The lowest BCUT2D eigenvalue weighted by Gasteiger charge is -1.97. The molecule has 0 amide bonds. The first-order chi connectivity index (χ1) is 4.97. The highest BCUT2D eigenvalue weighted by Gasteiger charge is 2.16. The number of hydrogen-bond donors (Lipinski definition) is 2. The summed E-state index contributed by atoms with van der Waals surface area (Å²) in [5, 5.41) is 0.449. The van der Waals surface area contributed by atoms with E-state index in [2.05, 4.69) is 20.9 Å². The predicted molar refractivity (Wildman–Crippen MR) is 45.6 cm³/mol. The summed E-state index contributed by atoms with van der Waals surface area (Å²) in [4.78, 5) is 20.9. The van der Waals surface area contributed by atoms with Gasteiger partial charge in [0.05, 0.1) is 9.98 Å². The van der Waals surface area contributed by atoms with Gasteiger partial charge >= 0.3 is 7.60 Å². The molecule has 0 aliphatic carbocycles. The van der Waals surface area contributed by atoms with Crippen LogP contribution in [0.4, 0.5) is 0 Å².